The quantitative estimate of drug-likeness (QED) is 0.719. The van der Waals surface area contributed by atoms with Crippen molar-refractivity contribution in [2.45, 2.75) is 6.92 Å². The van der Waals surface area contributed by atoms with E-state index in [0.717, 1.165) is 5.69 Å². The first kappa shape index (κ1) is 18.6. The molecule has 140 valence electrons. The number of amides is 1. The molecule has 3 rings (SSSR count). The summed E-state index contributed by atoms with van der Waals surface area (Å²) in [4.78, 5) is 18.3. The molecule has 9 heteroatoms. The molecule has 2 N–H and O–H groups in total. The molecule has 0 aliphatic carbocycles. The second kappa shape index (κ2) is 7.22. The Labute approximate surface area is 156 Å². The lowest BCUT2D eigenvalue weighted by atomic mass is 10.2. The van der Waals surface area contributed by atoms with E-state index in [1.807, 2.05) is 6.92 Å². The lowest BCUT2D eigenvalue weighted by Gasteiger charge is -2.17. The summed E-state index contributed by atoms with van der Waals surface area (Å²) in [6.07, 6.45) is 1.66. The number of aryl methyl sites for hydroxylation is 1. The summed E-state index contributed by atoms with van der Waals surface area (Å²) in [5, 5.41) is 4.83. The molecule has 0 aliphatic heterocycles. The number of hydrogen-bond donors (Lipinski definition) is 1. The van der Waals surface area contributed by atoms with Gasteiger partial charge >= 0.3 is 10.3 Å². The lowest BCUT2D eigenvalue weighted by Crippen LogP contribution is -2.26. The Balaban J connectivity index is 1.80. The second-order valence-corrected chi connectivity index (χ2v) is 6.89. The minimum atomic E-state index is -4.08. The van der Waals surface area contributed by atoms with Crippen LogP contribution in [0.3, 0.4) is 0 Å². The Morgan fingerprint density at radius 3 is 2.48 bits per heavy atom. The van der Waals surface area contributed by atoms with E-state index < -0.39 is 10.3 Å². The number of carbonyl (C=O) groups excluding carboxylic acids is 1. The smallest absolute Gasteiger partial charge is 0.380 e. The molecule has 0 unspecified atom stereocenters. The third-order valence-corrected chi connectivity index (χ3v) is 4.24. The van der Waals surface area contributed by atoms with Gasteiger partial charge in [0, 0.05) is 18.8 Å². The summed E-state index contributed by atoms with van der Waals surface area (Å²) in [6, 6.07) is 12.9. The lowest BCUT2D eigenvalue weighted by molar-refractivity contribution is 0.0967. The van der Waals surface area contributed by atoms with Crippen LogP contribution in [0.2, 0.25) is 0 Å². The van der Waals surface area contributed by atoms with E-state index in [9.17, 15) is 13.2 Å². The number of hydrogen-bond acceptors (Lipinski definition) is 6. The SMILES string of the molecule is Cc1ncccc1N(C)C(=O)c1ccc(-c2ccc(OS(N)(=O)=O)cc2)o1. The van der Waals surface area contributed by atoms with Crippen molar-refractivity contribution in [3.63, 3.8) is 0 Å². The van der Waals surface area contributed by atoms with Crippen molar-refractivity contribution in [1.29, 1.82) is 0 Å². The molecule has 0 bridgehead atoms. The van der Waals surface area contributed by atoms with Crippen LogP contribution in [-0.4, -0.2) is 26.4 Å². The summed E-state index contributed by atoms with van der Waals surface area (Å²) in [5.74, 6) is 0.389. The Kier molecular flexibility index (Phi) is 4.98. The van der Waals surface area contributed by atoms with Crippen LogP contribution in [0.15, 0.2) is 59.1 Å². The molecule has 1 aromatic carbocycles. The Hall–Kier alpha value is -3.17. The van der Waals surface area contributed by atoms with Crippen LogP contribution < -0.4 is 14.2 Å². The fourth-order valence-electron chi connectivity index (χ4n) is 2.52. The van der Waals surface area contributed by atoms with E-state index in [1.54, 1.807) is 49.6 Å². The van der Waals surface area contributed by atoms with E-state index in [4.69, 9.17) is 9.56 Å². The zero-order valence-corrected chi connectivity index (χ0v) is 15.4. The van der Waals surface area contributed by atoms with Crippen LogP contribution in [0.5, 0.6) is 5.75 Å². The summed E-state index contributed by atoms with van der Waals surface area (Å²) in [6.45, 7) is 1.82. The molecule has 0 atom stereocenters. The maximum absolute atomic E-state index is 12.7. The summed E-state index contributed by atoms with van der Waals surface area (Å²) in [5.41, 5.74) is 2.06. The van der Waals surface area contributed by atoms with Crippen LogP contribution in [0.25, 0.3) is 11.3 Å². The van der Waals surface area contributed by atoms with E-state index >= 15 is 0 Å². The van der Waals surface area contributed by atoms with Crippen molar-refractivity contribution < 1.29 is 21.8 Å². The molecule has 8 nitrogen and oxygen atoms in total. The first-order valence-electron chi connectivity index (χ1n) is 7.87. The molecule has 3 aromatic rings. The van der Waals surface area contributed by atoms with Crippen molar-refractivity contribution in [3.05, 3.63) is 66.2 Å². The molecule has 0 saturated carbocycles. The van der Waals surface area contributed by atoms with Gasteiger partial charge in [-0.05, 0) is 55.5 Å². The van der Waals surface area contributed by atoms with Crippen LogP contribution in [0.4, 0.5) is 5.69 Å². The van der Waals surface area contributed by atoms with Crippen molar-refractivity contribution in [3.8, 4) is 17.1 Å². The van der Waals surface area contributed by atoms with Crippen molar-refractivity contribution >= 4 is 21.9 Å². The first-order valence-corrected chi connectivity index (χ1v) is 9.34. The maximum Gasteiger partial charge on any atom is 0.380 e. The van der Waals surface area contributed by atoms with Crippen LogP contribution in [-0.2, 0) is 10.3 Å². The van der Waals surface area contributed by atoms with Crippen molar-refractivity contribution in [2.75, 3.05) is 11.9 Å². The number of furan rings is 1. The van der Waals surface area contributed by atoms with Crippen molar-refractivity contribution in [1.82, 2.24) is 4.98 Å². The van der Waals surface area contributed by atoms with Gasteiger partial charge in [0.25, 0.3) is 5.91 Å². The van der Waals surface area contributed by atoms with Gasteiger partial charge in [0.1, 0.15) is 11.5 Å². The van der Waals surface area contributed by atoms with Gasteiger partial charge in [-0.25, -0.2) is 0 Å². The molecule has 27 heavy (non-hydrogen) atoms. The van der Waals surface area contributed by atoms with Gasteiger partial charge in [-0.15, -0.1) is 0 Å². The van der Waals surface area contributed by atoms with E-state index in [-0.39, 0.29) is 17.4 Å². The van der Waals surface area contributed by atoms with Gasteiger partial charge in [0.2, 0.25) is 0 Å². The van der Waals surface area contributed by atoms with Crippen LogP contribution >= 0.6 is 0 Å². The second-order valence-electron chi connectivity index (χ2n) is 5.74. The predicted molar refractivity (Wildman–Crippen MR) is 99.6 cm³/mol. The number of pyridine rings is 1. The summed E-state index contributed by atoms with van der Waals surface area (Å²) in [7, 11) is -2.43. The number of nitrogens with zero attached hydrogens (tertiary/aromatic N) is 2. The third-order valence-electron chi connectivity index (χ3n) is 3.81. The zero-order chi connectivity index (χ0) is 19.6. The standard InChI is InChI=1S/C18H17N3O5S/c1-12-15(4-3-11-20-12)21(2)18(22)17-10-9-16(25-17)13-5-7-14(8-6-13)26-27(19,23)24/h3-11H,1-2H3,(H2,19,23,24). The Bertz CT molecular complexity index is 1070. The minimum Gasteiger partial charge on any atom is -0.451 e. The average Bonchev–Trinajstić information content (AvgIpc) is 3.10. The minimum absolute atomic E-state index is 0.0795. The molecule has 0 saturated heterocycles. The van der Waals surface area contributed by atoms with E-state index in [1.165, 1.54) is 17.0 Å². The highest BCUT2D eigenvalue weighted by Gasteiger charge is 2.19. The third kappa shape index (κ3) is 4.33. The van der Waals surface area contributed by atoms with E-state index in [2.05, 4.69) is 9.17 Å². The highest BCUT2D eigenvalue weighted by Crippen LogP contribution is 2.26. The topological polar surface area (TPSA) is 116 Å². The summed E-state index contributed by atoms with van der Waals surface area (Å²) >= 11 is 0. The van der Waals surface area contributed by atoms with Crippen molar-refractivity contribution in [2.24, 2.45) is 5.14 Å². The highest BCUT2D eigenvalue weighted by atomic mass is 32.2. The van der Waals surface area contributed by atoms with Gasteiger partial charge in [-0.1, -0.05) is 0 Å². The number of anilines is 1. The number of benzene rings is 1. The first-order chi connectivity index (χ1) is 12.7. The molecule has 2 aromatic heterocycles. The fraction of sp³-hybridized carbons (Fsp3) is 0.111. The molecular weight excluding hydrogens is 370 g/mol. The Morgan fingerprint density at radius 1 is 1.15 bits per heavy atom. The van der Waals surface area contributed by atoms with Gasteiger partial charge in [0.05, 0.1) is 11.4 Å². The van der Waals surface area contributed by atoms with Crippen LogP contribution in [0, 0.1) is 6.92 Å². The molecule has 0 fully saturated rings. The van der Waals surface area contributed by atoms with Gasteiger partial charge in [0.15, 0.2) is 5.76 Å². The van der Waals surface area contributed by atoms with Crippen LogP contribution in [0.1, 0.15) is 16.2 Å². The molecule has 2 heterocycles. The number of aromatic nitrogens is 1. The highest BCUT2D eigenvalue weighted by molar-refractivity contribution is 7.84. The van der Waals surface area contributed by atoms with Gasteiger partial charge in [-0.3, -0.25) is 9.78 Å². The van der Waals surface area contributed by atoms with Gasteiger partial charge < -0.3 is 13.5 Å². The number of rotatable bonds is 5. The average molecular weight is 387 g/mol. The Morgan fingerprint density at radius 2 is 1.85 bits per heavy atom. The molecule has 0 spiro atoms. The van der Waals surface area contributed by atoms with E-state index in [0.29, 0.717) is 17.0 Å². The monoisotopic (exact) mass is 387 g/mol. The molecular formula is C18H17N3O5S. The normalized spacial score (nSPS) is 11.2. The number of carbonyl (C=O) groups is 1. The molecule has 0 radical (unpaired) electrons. The largest absolute Gasteiger partial charge is 0.451 e. The maximum atomic E-state index is 12.7. The fourth-order valence-corrected chi connectivity index (χ4v) is 2.90. The predicted octanol–water partition coefficient (Wildman–Crippen LogP) is 2.51. The number of nitrogens with two attached hydrogens (primary N) is 1. The molecule has 1 amide bonds. The summed E-state index contributed by atoms with van der Waals surface area (Å²) < 4.78 is 32.1. The van der Waals surface area contributed by atoms with Gasteiger partial charge in [-0.2, -0.15) is 13.6 Å². The zero-order valence-electron chi connectivity index (χ0n) is 14.6. The molecule has 0 aliphatic rings.